The molecule has 0 bridgehead atoms. The van der Waals surface area contributed by atoms with Gasteiger partial charge < -0.3 is 20.4 Å². The SMILES string of the molecule is Cc1occc1C(=O)Nc1cc(Cl)ccc1C(=O)NCC1CNC1. The van der Waals surface area contributed by atoms with Crippen LogP contribution in [0.3, 0.4) is 0 Å². The normalized spacial score (nSPS) is 14.1. The number of halogens is 1. The van der Waals surface area contributed by atoms with Gasteiger partial charge in [0.25, 0.3) is 11.8 Å². The lowest BCUT2D eigenvalue weighted by atomic mass is 10.0. The molecule has 7 heteroatoms. The van der Waals surface area contributed by atoms with Crippen molar-refractivity contribution in [1.29, 1.82) is 0 Å². The first kappa shape index (κ1) is 16.5. The number of carbonyl (C=O) groups is 2. The molecule has 0 radical (unpaired) electrons. The van der Waals surface area contributed by atoms with E-state index in [9.17, 15) is 9.59 Å². The van der Waals surface area contributed by atoms with Gasteiger partial charge in [0.15, 0.2) is 0 Å². The Morgan fingerprint density at radius 1 is 1.25 bits per heavy atom. The number of hydrogen-bond donors (Lipinski definition) is 3. The fourth-order valence-corrected chi connectivity index (χ4v) is 2.63. The van der Waals surface area contributed by atoms with Gasteiger partial charge in [-0.05, 0) is 31.2 Å². The lowest BCUT2D eigenvalue weighted by molar-refractivity contribution is 0.0943. The molecule has 126 valence electrons. The summed E-state index contributed by atoms with van der Waals surface area (Å²) in [5.74, 6) is 0.379. The Hall–Kier alpha value is -2.31. The van der Waals surface area contributed by atoms with E-state index in [1.54, 1.807) is 31.2 Å². The first-order chi connectivity index (χ1) is 11.5. The Labute approximate surface area is 144 Å². The maximum Gasteiger partial charge on any atom is 0.259 e. The van der Waals surface area contributed by atoms with Crippen molar-refractivity contribution in [3.8, 4) is 0 Å². The zero-order chi connectivity index (χ0) is 17.1. The minimum Gasteiger partial charge on any atom is -0.469 e. The molecule has 0 unspecified atom stereocenters. The monoisotopic (exact) mass is 347 g/mol. The summed E-state index contributed by atoms with van der Waals surface area (Å²) in [6, 6.07) is 6.38. The third-order valence-corrected chi connectivity index (χ3v) is 4.23. The molecule has 3 N–H and O–H groups in total. The van der Waals surface area contributed by atoms with Crippen LogP contribution in [0, 0.1) is 12.8 Å². The van der Waals surface area contributed by atoms with Crippen LogP contribution >= 0.6 is 11.6 Å². The first-order valence-electron chi connectivity index (χ1n) is 7.68. The van der Waals surface area contributed by atoms with Crippen molar-refractivity contribution in [2.75, 3.05) is 25.0 Å². The summed E-state index contributed by atoms with van der Waals surface area (Å²) in [4.78, 5) is 24.8. The average Bonchev–Trinajstić information content (AvgIpc) is 2.92. The predicted molar refractivity (Wildman–Crippen MR) is 91.5 cm³/mol. The van der Waals surface area contributed by atoms with Crippen LogP contribution in [0.5, 0.6) is 0 Å². The smallest absolute Gasteiger partial charge is 0.259 e. The van der Waals surface area contributed by atoms with Crippen molar-refractivity contribution in [2.24, 2.45) is 5.92 Å². The fraction of sp³-hybridized carbons (Fsp3) is 0.294. The predicted octanol–water partition coefficient (Wildman–Crippen LogP) is 2.44. The topological polar surface area (TPSA) is 83.4 Å². The molecule has 0 spiro atoms. The number of carbonyl (C=O) groups excluding carboxylic acids is 2. The van der Waals surface area contributed by atoms with Gasteiger partial charge in [-0.3, -0.25) is 9.59 Å². The fourth-order valence-electron chi connectivity index (χ4n) is 2.45. The van der Waals surface area contributed by atoms with Crippen molar-refractivity contribution in [1.82, 2.24) is 10.6 Å². The van der Waals surface area contributed by atoms with Gasteiger partial charge in [0.1, 0.15) is 5.76 Å². The van der Waals surface area contributed by atoms with Crippen LogP contribution in [0.15, 0.2) is 34.9 Å². The van der Waals surface area contributed by atoms with E-state index in [1.165, 1.54) is 6.26 Å². The number of benzene rings is 1. The summed E-state index contributed by atoms with van der Waals surface area (Å²) in [7, 11) is 0. The van der Waals surface area contributed by atoms with Crippen molar-refractivity contribution < 1.29 is 14.0 Å². The molecule has 6 nitrogen and oxygen atoms in total. The van der Waals surface area contributed by atoms with Gasteiger partial charge >= 0.3 is 0 Å². The molecule has 1 saturated heterocycles. The molecule has 0 atom stereocenters. The lowest BCUT2D eigenvalue weighted by Gasteiger charge is -2.27. The minimum absolute atomic E-state index is 0.238. The van der Waals surface area contributed by atoms with Crippen molar-refractivity contribution >= 4 is 29.1 Å². The number of anilines is 1. The Kier molecular flexibility index (Phi) is 4.87. The second-order valence-electron chi connectivity index (χ2n) is 5.77. The highest BCUT2D eigenvalue weighted by molar-refractivity contribution is 6.31. The van der Waals surface area contributed by atoms with Gasteiger partial charge in [0.2, 0.25) is 0 Å². The van der Waals surface area contributed by atoms with E-state index in [2.05, 4.69) is 16.0 Å². The molecule has 1 aliphatic rings. The molecule has 2 aromatic rings. The van der Waals surface area contributed by atoms with Gasteiger partial charge in [-0.2, -0.15) is 0 Å². The van der Waals surface area contributed by atoms with Gasteiger partial charge in [0.05, 0.1) is 23.1 Å². The van der Waals surface area contributed by atoms with E-state index in [0.29, 0.717) is 40.1 Å². The molecule has 0 aliphatic carbocycles. The molecule has 1 aromatic heterocycles. The number of hydrogen-bond acceptors (Lipinski definition) is 4. The molecule has 2 heterocycles. The maximum atomic E-state index is 12.4. The quantitative estimate of drug-likeness (QED) is 0.775. The van der Waals surface area contributed by atoms with E-state index < -0.39 is 0 Å². The number of aryl methyl sites for hydroxylation is 1. The molecule has 2 amide bonds. The summed E-state index contributed by atoms with van der Waals surface area (Å²) < 4.78 is 5.14. The van der Waals surface area contributed by atoms with Crippen molar-refractivity contribution in [3.63, 3.8) is 0 Å². The molecule has 1 fully saturated rings. The largest absolute Gasteiger partial charge is 0.469 e. The summed E-state index contributed by atoms with van der Waals surface area (Å²) in [5.41, 5.74) is 1.17. The molecule has 24 heavy (non-hydrogen) atoms. The molecular formula is C17H18ClN3O3. The van der Waals surface area contributed by atoms with Crippen LogP contribution in [0.4, 0.5) is 5.69 Å². The standard InChI is InChI=1S/C17H18ClN3O3/c1-10-13(4-5-24-10)17(23)21-15-6-12(18)2-3-14(15)16(22)20-9-11-7-19-8-11/h2-6,11,19H,7-9H2,1H3,(H,20,22)(H,21,23). The van der Waals surface area contributed by atoms with E-state index in [-0.39, 0.29) is 11.8 Å². The Balaban J connectivity index is 1.76. The molecule has 3 rings (SSSR count). The summed E-state index contributed by atoms with van der Waals surface area (Å²) in [5, 5.41) is 9.22. The van der Waals surface area contributed by atoms with Crippen LogP contribution in [-0.4, -0.2) is 31.4 Å². The maximum absolute atomic E-state index is 12.4. The highest BCUT2D eigenvalue weighted by Crippen LogP contribution is 2.23. The van der Waals surface area contributed by atoms with Crippen molar-refractivity contribution in [2.45, 2.75) is 6.92 Å². The average molecular weight is 348 g/mol. The van der Waals surface area contributed by atoms with Gasteiger partial charge in [0, 0.05) is 30.6 Å². The molecule has 1 aromatic carbocycles. The third-order valence-electron chi connectivity index (χ3n) is 4.00. The van der Waals surface area contributed by atoms with Crippen LogP contribution in [0.25, 0.3) is 0 Å². The second kappa shape index (κ2) is 7.07. The van der Waals surface area contributed by atoms with E-state index in [0.717, 1.165) is 13.1 Å². The number of amides is 2. The van der Waals surface area contributed by atoms with Crippen molar-refractivity contribution in [3.05, 3.63) is 52.4 Å². The highest BCUT2D eigenvalue weighted by atomic mass is 35.5. The number of rotatable bonds is 5. The van der Waals surface area contributed by atoms with Crippen LogP contribution in [0.2, 0.25) is 5.02 Å². The second-order valence-corrected chi connectivity index (χ2v) is 6.21. The van der Waals surface area contributed by atoms with E-state index in [4.69, 9.17) is 16.0 Å². The van der Waals surface area contributed by atoms with Gasteiger partial charge in [-0.25, -0.2) is 0 Å². The van der Waals surface area contributed by atoms with Gasteiger partial charge in [-0.1, -0.05) is 11.6 Å². The summed E-state index contributed by atoms with van der Waals surface area (Å²) in [6.45, 7) is 4.12. The summed E-state index contributed by atoms with van der Waals surface area (Å²) in [6.07, 6.45) is 1.45. The first-order valence-corrected chi connectivity index (χ1v) is 8.06. The molecule has 1 aliphatic heterocycles. The zero-order valence-corrected chi connectivity index (χ0v) is 13.9. The number of furan rings is 1. The molecular weight excluding hydrogens is 330 g/mol. The van der Waals surface area contributed by atoms with E-state index in [1.807, 2.05) is 0 Å². The zero-order valence-electron chi connectivity index (χ0n) is 13.2. The van der Waals surface area contributed by atoms with E-state index >= 15 is 0 Å². The van der Waals surface area contributed by atoms with Crippen LogP contribution in [-0.2, 0) is 0 Å². The highest BCUT2D eigenvalue weighted by Gasteiger charge is 2.20. The van der Waals surface area contributed by atoms with Gasteiger partial charge in [-0.15, -0.1) is 0 Å². The lowest BCUT2D eigenvalue weighted by Crippen LogP contribution is -2.48. The number of nitrogens with one attached hydrogen (secondary N) is 3. The Bertz CT molecular complexity index is 768. The third kappa shape index (κ3) is 3.60. The van der Waals surface area contributed by atoms with Crippen LogP contribution in [0.1, 0.15) is 26.5 Å². The Morgan fingerprint density at radius 2 is 2.04 bits per heavy atom. The Morgan fingerprint density at radius 3 is 2.67 bits per heavy atom. The summed E-state index contributed by atoms with van der Waals surface area (Å²) >= 11 is 6.01. The van der Waals surface area contributed by atoms with Crippen LogP contribution < -0.4 is 16.0 Å². The molecule has 0 saturated carbocycles. The minimum atomic E-state index is -0.347.